The van der Waals surface area contributed by atoms with Crippen molar-refractivity contribution in [1.82, 2.24) is 9.80 Å². The molecule has 1 saturated carbocycles. The molecule has 2 fully saturated rings. The van der Waals surface area contributed by atoms with Gasteiger partial charge in [-0.1, -0.05) is 24.3 Å². The number of rotatable bonds is 3. The van der Waals surface area contributed by atoms with Gasteiger partial charge in [0.15, 0.2) is 0 Å². The molecule has 0 amide bonds. The number of nitrogens with zero attached hydrogens (tertiary/aromatic N) is 2. The third-order valence-electron chi connectivity index (χ3n) is 5.92. The quantitative estimate of drug-likeness (QED) is 0.922. The number of nitrogens with two attached hydrogens (primary N) is 1. The zero-order valence-corrected chi connectivity index (χ0v) is 13.1. The Bertz CT molecular complexity index is 525. The fourth-order valence-electron chi connectivity index (χ4n) is 4.53. The monoisotopic (exact) mass is 285 g/mol. The van der Waals surface area contributed by atoms with Gasteiger partial charge >= 0.3 is 0 Å². The van der Waals surface area contributed by atoms with Gasteiger partial charge in [0.1, 0.15) is 0 Å². The van der Waals surface area contributed by atoms with Gasteiger partial charge in [0, 0.05) is 43.8 Å². The number of hydrogen-bond donors (Lipinski definition) is 1. The maximum Gasteiger partial charge on any atom is 0.0477 e. The van der Waals surface area contributed by atoms with E-state index in [0.29, 0.717) is 6.04 Å². The molecule has 1 aromatic rings. The predicted octanol–water partition coefficient (Wildman–Crippen LogP) is 2.00. The Morgan fingerprint density at radius 3 is 2.71 bits per heavy atom. The highest BCUT2D eigenvalue weighted by Gasteiger charge is 2.49. The summed E-state index contributed by atoms with van der Waals surface area (Å²) in [7, 11) is 0. The van der Waals surface area contributed by atoms with Crippen molar-refractivity contribution in [3.8, 4) is 0 Å². The molecule has 3 heteroatoms. The van der Waals surface area contributed by atoms with Crippen LogP contribution in [-0.2, 0) is 13.0 Å². The van der Waals surface area contributed by atoms with Gasteiger partial charge in [-0.15, -0.1) is 0 Å². The molecule has 2 heterocycles. The molecule has 1 aliphatic carbocycles. The molecule has 0 spiro atoms. The van der Waals surface area contributed by atoms with Gasteiger partial charge in [-0.2, -0.15) is 0 Å². The van der Waals surface area contributed by atoms with Crippen LogP contribution >= 0.6 is 0 Å². The first-order valence-corrected chi connectivity index (χ1v) is 8.49. The van der Waals surface area contributed by atoms with Gasteiger partial charge in [-0.05, 0) is 43.7 Å². The van der Waals surface area contributed by atoms with E-state index >= 15 is 0 Å². The maximum atomic E-state index is 6.30. The van der Waals surface area contributed by atoms with Crippen LogP contribution in [0.15, 0.2) is 24.3 Å². The van der Waals surface area contributed by atoms with E-state index in [1.165, 1.54) is 49.9 Å². The second kappa shape index (κ2) is 5.08. The fourth-order valence-corrected chi connectivity index (χ4v) is 4.53. The van der Waals surface area contributed by atoms with E-state index in [9.17, 15) is 0 Å². The zero-order chi connectivity index (χ0) is 14.4. The minimum Gasteiger partial charge on any atom is -0.329 e. The van der Waals surface area contributed by atoms with Crippen molar-refractivity contribution in [1.29, 1.82) is 0 Å². The van der Waals surface area contributed by atoms with E-state index in [0.717, 1.165) is 19.1 Å². The van der Waals surface area contributed by atoms with Gasteiger partial charge in [-0.3, -0.25) is 9.80 Å². The standard InChI is InChI=1S/C18H27N3/c1-14-10-18(12-19,13-21(14)17-6-7-17)20-9-8-15-4-2-3-5-16(15)11-20/h2-5,14,17H,6-13,19H2,1H3. The molecular weight excluding hydrogens is 258 g/mol. The smallest absolute Gasteiger partial charge is 0.0477 e. The summed E-state index contributed by atoms with van der Waals surface area (Å²) in [6.07, 6.45) is 5.21. The van der Waals surface area contributed by atoms with Gasteiger partial charge in [0.05, 0.1) is 0 Å². The lowest BCUT2D eigenvalue weighted by molar-refractivity contribution is 0.0834. The first kappa shape index (κ1) is 13.7. The van der Waals surface area contributed by atoms with E-state index in [4.69, 9.17) is 5.73 Å². The van der Waals surface area contributed by atoms with Crippen molar-refractivity contribution in [3.05, 3.63) is 35.4 Å². The van der Waals surface area contributed by atoms with Crippen LogP contribution in [0.4, 0.5) is 0 Å². The molecule has 4 rings (SSSR count). The Labute approximate surface area is 128 Å². The molecule has 0 bridgehead atoms. The molecule has 3 nitrogen and oxygen atoms in total. The summed E-state index contributed by atoms with van der Waals surface area (Å²) in [5, 5.41) is 0. The highest BCUT2D eigenvalue weighted by molar-refractivity contribution is 5.30. The van der Waals surface area contributed by atoms with Crippen molar-refractivity contribution in [3.63, 3.8) is 0 Å². The van der Waals surface area contributed by atoms with Crippen LogP contribution in [-0.4, -0.2) is 47.1 Å². The highest BCUT2D eigenvalue weighted by atomic mass is 15.3. The van der Waals surface area contributed by atoms with Gasteiger partial charge in [0.2, 0.25) is 0 Å². The van der Waals surface area contributed by atoms with Crippen LogP contribution < -0.4 is 5.73 Å². The minimum atomic E-state index is 0.204. The number of hydrogen-bond acceptors (Lipinski definition) is 3. The van der Waals surface area contributed by atoms with E-state index in [2.05, 4.69) is 41.0 Å². The molecule has 2 atom stereocenters. The Morgan fingerprint density at radius 1 is 1.24 bits per heavy atom. The van der Waals surface area contributed by atoms with Crippen molar-refractivity contribution >= 4 is 0 Å². The van der Waals surface area contributed by atoms with Gasteiger partial charge < -0.3 is 5.73 Å². The SMILES string of the molecule is CC1CC(CN)(N2CCc3ccccc3C2)CN1C1CC1. The first-order chi connectivity index (χ1) is 10.2. The molecule has 1 aromatic carbocycles. The van der Waals surface area contributed by atoms with E-state index in [1.807, 2.05) is 0 Å². The summed E-state index contributed by atoms with van der Waals surface area (Å²) in [5.74, 6) is 0. The average molecular weight is 285 g/mol. The predicted molar refractivity (Wildman–Crippen MR) is 86.1 cm³/mol. The third kappa shape index (κ3) is 2.32. The van der Waals surface area contributed by atoms with Crippen LogP contribution in [0.2, 0.25) is 0 Å². The molecule has 2 aliphatic heterocycles. The summed E-state index contributed by atoms with van der Waals surface area (Å²) in [4.78, 5) is 5.42. The van der Waals surface area contributed by atoms with Crippen molar-refractivity contribution < 1.29 is 0 Å². The third-order valence-corrected chi connectivity index (χ3v) is 5.92. The topological polar surface area (TPSA) is 32.5 Å². The van der Waals surface area contributed by atoms with Crippen molar-refractivity contribution in [2.24, 2.45) is 5.73 Å². The van der Waals surface area contributed by atoms with E-state index < -0.39 is 0 Å². The summed E-state index contributed by atoms with van der Waals surface area (Å²) in [6.45, 7) is 6.62. The second-order valence-electron chi connectivity index (χ2n) is 7.33. The minimum absolute atomic E-state index is 0.204. The molecule has 114 valence electrons. The molecule has 0 aromatic heterocycles. The molecule has 0 radical (unpaired) electrons. The van der Waals surface area contributed by atoms with Crippen molar-refractivity contribution in [2.45, 2.75) is 56.8 Å². The molecule has 1 saturated heterocycles. The summed E-state index contributed by atoms with van der Waals surface area (Å²) >= 11 is 0. The van der Waals surface area contributed by atoms with Gasteiger partial charge in [-0.25, -0.2) is 0 Å². The summed E-state index contributed by atoms with van der Waals surface area (Å²) in [6, 6.07) is 10.5. The molecule has 2 unspecified atom stereocenters. The zero-order valence-electron chi connectivity index (χ0n) is 13.1. The van der Waals surface area contributed by atoms with Crippen LogP contribution in [0.5, 0.6) is 0 Å². The molecular formula is C18H27N3. The van der Waals surface area contributed by atoms with Crippen LogP contribution in [0.1, 0.15) is 37.3 Å². The first-order valence-electron chi connectivity index (χ1n) is 8.49. The highest BCUT2D eigenvalue weighted by Crippen LogP contribution is 2.40. The lowest BCUT2D eigenvalue weighted by atomic mass is 9.89. The Hall–Kier alpha value is -0.900. The number of likely N-dealkylation sites (tertiary alicyclic amines) is 1. The fraction of sp³-hybridized carbons (Fsp3) is 0.667. The van der Waals surface area contributed by atoms with Crippen molar-refractivity contribution in [2.75, 3.05) is 19.6 Å². The summed E-state index contributed by atoms with van der Waals surface area (Å²) in [5.41, 5.74) is 9.54. The van der Waals surface area contributed by atoms with E-state index in [-0.39, 0.29) is 5.54 Å². The lowest BCUT2D eigenvalue weighted by Crippen LogP contribution is -2.57. The normalized spacial score (nSPS) is 34.1. The number of benzene rings is 1. The molecule has 3 aliphatic rings. The second-order valence-corrected chi connectivity index (χ2v) is 7.33. The summed E-state index contributed by atoms with van der Waals surface area (Å²) < 4.78 is 0. The maximum absolute atomic E-state index is 6.30. The Balaban J connectivity index is 1.57. The van der Waals surface area contributed by atoms with Crippen LogP contribution in [0, 0.1) is 0 Å². The lowest BCUT2D eigenvalue weighted by Gasteiger charge is -2.43. The van der Waals surface area contributed by atoms with Crippen LogP contribution in [0.3, 0.4) is 0 Å². The Morgan fingerprint density at radius 2 is 2.00 bits per heavy atom. The largest absolute Gasteiger partial charge is 0.329 e. The Kier molecular flexibility index (Phi) is 3.32. The van der Waals surface area contributed by atoms with E-state index in [1.54, 1.807) is 0 Å². The average Bonchev–Trinajstić information content (AvgIpc) is 3.30. The van der Waals surface area contributed by atoms with Crippen LogP contribution in [0.25, 0.3) is 0 Å². The van der Waals surface area contributed by atoms with Gasteiger partial charge in [0.25, 0.3) is 0 Å². The molecule has 2 N–H and O–H groups in total. The number of fused-ring (bicyclic) bond motifs is 1. The molecule has 21 heavy (non-hydrogen) atoms.